The van der Waals surface area contributed by atoms with Crippen molar-refractivity contribution in [1.82, 2.24) is 14.9 Å². The third-order valence-electron chi connectivity index (χ3n) is 2.82. The van der Waals surface area contributed by atoms with E-state index in [0.29, 0.717) is 10.6 Å². The maximum absolute atomic E-state index is 5.23. The van der Waals surface area contributed by atoms with Gasteiger partial charge in [0.05, 0.1) is 13.3 Å². The fourth-order valence-corrected chi connectivity index (χ4v) is 2.59. The van der Waals surface area contributed by atoms with Gasteiger partial charge < -0.3 is 4.74 Å². The summed E-state index contributed by atoms with van der Waals surface area (Å²) in [5.41, 5.74) is 0.880. The molecule has 0 aliphatic heterocycles. The second-order valence-corrected chi connectivity index (χ2v) is 5.52. The molecule has 0 fully saturated rings. The molecule has 0 amide bonds. The molecule has 0 aliphatic carbocycles. The predicted octanol–water partition coefficient (Wildman–Crippen LogP) is 3.56. The standard InChI is InChI=1S/C14H12N4OS2/c1-19-11-5-2-4-10(8-11)13-16-17-14(20)18(13)15-9-12-6-3-7-21-12/h2-9H,1H3,(H,17,20)/b15-9+. The lowest BCUT2D eigenvalue weighted by Crippen LogP contribution is -1.94. The van der Waals surface area contributed by atoms with Gasteiger partial charge in [-0.1, -0.05) is 18.2 Å². The number of hydrogen-bond acceptors (Lipinski definition) is 5. The zero-order valence-corrected chi connectivity index (χ0v) is 12.8. The van der Waals surface area contributed by atoms with E-state index in [9.17, 15) is 0 Å². The third kappa shape index (κ3) is 2.93. The fraction of sp³-hybridized carbons (Fsp3) is 0.0714. The van der Waals surface area contributed by atoms with Crippen molar-refractivity contribution < 1.29 is 4.74 Å². The van der Waals surface area contributed by atoms with Crippen LogP contribution >= 0.6 is 23.6 Å². The highest BCUT2D eigenvalue weighted by atomic mass is 32.1. The Morgan fingerprint density at radius 2 is 2.29 bits per heavy atom. The van der Waals surface area contributed by atoms with Crippen LogP contribution in [0.5, 0.6) is 5.75 Å². The summed E-state index contributed by atoms with van der Waals surface area (Å²) in [6.07, 6.45) is 1.76. The Hall–Kier alpha value is -2.25. The van der Waals surface area contributed by atoms with E-state index in [1.807, 2.05) is 41.8 Å². The topological polar surface area (TPSA) is 55.2 Å². The summed E-state index contributed by atoms with van der Waals surface area (Å²) in [6, 6.07) is 11.6. The maximum atomic E-state index is 5.23. The molecular formula is C14H12N4OS2. The molecule has 21 heavy (non-hydrogen) atoms. The highest BCUT2D eigenvalue weighted by molar-refractivity contribution is 7.71. The molecule has 0 saturated carbocycles. The summed E-state index contributed by atoms with van der Waals surface area (Å²) < 4.78 is 7.28. The van der Waals surface area contributed by atoms with E-state index in [1.54, 1.807) is 29.3 Å². The van der Waals surface area contributed by atoms with Gasteiger partial charge >= 0.3 is 0 Å². The number of aromatic nitrogens is 3. The van der Waals surface area contributed by atoms with Gasteiger partial charge in [-0.25, -0.2) is 5.10 Å². The molecule has 0 spiro atoms. The second kappa shape index (κ2) is 6.02. The molecule has 3 rings (SSSR count). The predicted molar refractivity (Wildman–Crippen MR) is 86.7 cm³/mol. The zero-order chi connectivity index (χ0) is 14.7. The molecule has 5 nitrogen and oxygen atoms in total. The number of thiophene rings is 1. The van der Waals surface area contributed by atoms with E-state index >= 15 is 0 Å². The Balaban J connectivity index is 2.02. The average molecular weight is 316 g/mol. The highest BCUT2D eigenvalue weighted by Gasteiger charge is 2.08. The first kappa shape index (κ1) is 13.7. The number of H-pyrrole nitrogens is 1. The average Bonchev–Trinajstić information content (AvgIpc) is 3.15. The van der Waals surface area contributed by atoms with Gasteiger partial charge in [0.2, 0.25) is 4.77 Å². The monoisotopic (exact) mass is 316 g/mol. The molecule has 0 bridgehead atoms. The van der Waals surface area contributed by atoms with Crippen LogP contribution in [0.15, 0.2) is 46.9 Å². The Labute approximate surface area is 130 Å². The fourth-order valence-electron chi connectivity index (χ4n) is 1.83. The Morgan fingerprint density at radius 1 is 1.38 bits per heavy atom. The molecule has 3 aromatic rings. The van der Waals surface area contributed by atoms with Gasteiger partial charge in [0, 0.05) is 10.4 Å². The molecule has 0 radical (unpaired) electrons. The van der Waals surface area contributed by atoms with Crippen LogP contribution < -0.4 is 4.74 Å². The summed E-state index contributed by atoms with van der Waals surface area (Å²) in [7, 11) is 1.63. The lowest BCUT2D eigenvalue weighted by molar-refractivity contribution is 0.415. The SMILES string of the molecule is COc1cccc(-c2n[nH]c(=S)n2/N=C/c2cccs2)c1. The minimum absolute atomic E-state index is 0.445. The number of nitrogens with one attached hydrogen (secondary N) is 1. The van der Waals surface area contributed by atoms with Crippen molar-refractivity contribution in [3.63, 3.8) is 0 Å². The summed E-state index contributed by atoms with van der Waals surface area (Å²) in [6.45, 7) is 0. The lowest BCUT2D eigenvalue weighted by atomic mass is 10.2. The first-order valence-electron chi connectivity index (χ1n) is 6.17. The van der Waals surface area contributed by atoms with E-state index < -0.39 is 0 Å². The van der Waals surface area contributed by atoms with Crippen molar-refractivity contribution in [3.8, 4) is 17.1 Å². The first-order valence-corrected chi connectivity index (χ1v) is 7.46. The molecule has 0 saturated heterocycles. The van der Waals surface area contributed by atoms with E-state index in [1.165, 1.54) is 0 Å². The van der Waals surface area contributed by atoms with E-state index in [4.69, 9.17) is 17.0 Å². The summed E-state index contributed by atoms with van der Waals surface area (Å²) in [5.74, 6) is 1.40. The normalized spacial score (nSPS) is 11.1. The molecule has 106 valence electrons. The molecular weight excluding hydrogens is 304 g/mol. The quantitative estimate of drug-likeness (QED) is 0.591. The van der Waals surface area contributed by atoms with Crippen LogP contribution in [-0.4, -0.2) is 28.2 Å². The minimum atomic E-state index is 0.445. The van der Waals surface area contributed by atoms with Crippen molar-refractivity contribution in [2.45, 2.75) is 0 Å². The van der Waals surface area contributed by atoms with Crippen molar-refractivity contribution in [3.05, 3.63) is 51.4 Å². The molecule has 1 N–H and O–H groups in total. The molecule has 7 heteroatoms. The minimum Gasteiger partial charge on any atom is -0.497 e. The van der Waals surface area contributed by atoms with Crippen LogP contribution in [0.25, 0.3) is 11.4 Å². The van der Waals surface area contributed by atoms with Crippen LogP contribution in [0.3, 0.4) is 0 Å². The van der Waals surface area contributed by atoms with Gasteiger partial charge in [-0.2, -0.15) is 14.9 Å². The van der Waals surface area contributed by atoms with Crippen molar-refractivity contribution in [2.24, 2.45) is 5.10 Å². The van der Waals surface area contributed by atoms with Crippen LogP contribution in [0.4, 0.5) is 0 Å². The summed E-state index contributed by atoms with van der Waals surface area (Å²) in [5, 5.41) is 13.4. The van der Waals surface area contributed by atoms with Gasteiger partial charge in [-0.05, 0) is 35.8 Å². The van der Waals surface area contributed by atoms with Crippen molar-refractivity contribution in [2.75, 3.05) is 7.11 Å². The highest BCUT2D eigenvalue weighted by Crippen LogP contribution is 2.22. The Bertz CT molecular complexity index is 818. The third-order valence-corrected chi connectivity index (χ3v) is 3.89. The smallest absolute Gasteiger partial charge is 0.216 e. The second-order valence-electron chi connectivity index (χ2n) is 4.16. The number of benzene rings is 1. The van der Waals surface area contributed by atoms with Crippen LogP contribution in [0.2, 0.25) is 0 Å². The van der Waals surface area contributed by atoms with Gasteiger partial charge in [-0.3, -0.25) is 0 Å². The molecule has 2 aromatic heterocycles. The summed E-state index contributed by atoms with van der Waals surface area (Å²) >= 11 is 6.84. The zero-order valence-electron chi connectivity index (χ0n) is 11.2. The molecule has 2 heterocycles. The number of aromatic amines is 1. The van der Waals surface area contributed by atoms with Crippen LogP contribution in [0.1, 0.15) is 4.88 Å². The summed E-state index contributed by atoms with van der Waals surface area (Å²) in [4.78, 5) is 1.05. The largest absolute Gasteiger partial charge is 0.497 e. The van der Waals surface area contributed by atoms with Gasteiger partial charge in [0.25, 0.3) is 0 Å². The molecule has 1 aromatic carbocycles. The van der Waals surface area contributed by atoms with Crippen molar-refractivity contribution >= 4 is 29.8 Å². The van der Waals surface area contributed by atoms with Gasteiger partial charge in [0.1, 0.15) is 5.75 Å². The van der Waals surface area contributed by atoms with E-state index in [-0.39, 0.29) is 0 Å². The number of hydrogen-bond donors (Lipinski definition) is 1. The van der Waals surface area contributed by atoms with Crippen molar-refractivity contribution in [1.29, 1.82) is 0 Å². The molecule has 0 atom stereocenters. The van der Waals surface area contributed by atoms with Gasteiger partial charge in [0.15, 0.2) is 5.82 Å². The van der Waals surface area contributed by atoms with Gasteiger partial charge in [-0.15, -0.1) is 11.3 Å². The lowest BCUT2D eigenvalue weighted by Gasteiger charge is -2.03. The maximum Gasteiger partial charge on any atom is 0.216 e. The molecule has 0 aliphatic rings. The molecule has 0 unspecified atom stereocenters. The van der Waals surface area contributed by atoms with Crippen LogP contribution in [-0.2, 0) is 0 Å². The van der Waals surface area contributed by atoms with E-state index in [0.717, 1.165) is 16.2 Å². The first-order chi connectivity index (χ1) is 10.3. The Morgan fingerprint density at radius 3 is 3.05 bits per heavy atom. The Kier molecular flexibility index (Phi) is 3.94. The number of methoxy groups -OCH3 is 1. The number of rotatable bonds is 4. The number of ether oxygens (including phenoxy) is 1. The van der Waals surface area contributed by atoms with E-state index in [2.05, 4.69) is 15.3 Å². The van der Waals surface area contributed by atoms with Crippen LogP contribution in [0, 0.1) is 4.77 Å². The number of nitrogens with zero attached hydrogens (tertiary/aromatic N) is 3.